The molecule has 1 aliphatic carbocycles. The van der Waals surface area contributed by atoms with Gasteiger partial charge >= 0.3 is 18.7 Å². The van der Waals surface area contributed by atoms with Gasteiger partial charge in [0.05, 0.1) is 38.8 Å². The van der Waals surface area contributed by atoms with Crippen molar-refractivity contribution in [3.63, 3.8) is 0 Å². The molecule has 1 saturated heterocycles. The highest BCUT2D eigenvalue weighted by Crippen LogP contribution is 2.37. The van der Waals surface area contributed by atoms with Gasteiger partial charge < -0.3 is 44.1 Å². The third-order valence-corrected chi connectivity index (χ3v) is 6.98. The van der Waals surface area contributed by atoms with E-state index in [4.69, 9.17) is 24.4 Å². The monoisotopic (exact) mass is 646 g/mol. The van der Waals surface area contributed by atoms with Crippen molar-refractivity contribution in [3.8, 4) is 23.0 Å². The smallest absolute Gasteiger partial charge is 0.407 e. The van der Waals surface area contributed by atoms with Crippen molar-refractivity contribution >= 4 is 30.4 Å². The Hall–Kier alpha value is -3.69. The summed E-state index contributed by atoms with van der Waals surface area (Å²) < 4.78 is 57.0. The minimum Gasteiger partial charge on any atom is -0.489 e. The van der Waals surface area contributed by atoms with Gasteiger partial charge in [-0.25, -0.2) is 9.78 Å². The van der Waals surface area contributed by atoms with Crippen molar-refractivity contribution in [2.75, 3.05) is 40.6 Å². The summed E-state index contributed by atoms with van der Waals surface area (Å²) in [5.41, 5.74) is 6.40. The molecule has 0 spiro atoms. The Balaban J connectivity index is 0.00000529. The summed E-state index contributed by atoms with van der Waals surface area (Å²) in [6.07, 6.45) is 1.42. The van der Waals surface area contributed by atoms with Gasteiger partial charge in [-0.05, 0) is 50.3 Å². The molecule has 16 heteroatoms. The number of rotatable bonds is 14. The van der Waals surface area contributed by atoms with E-state index in [1.165, 1.54) is 37.3 Å². The third kappa shape index (κ3) is 9.16. The molecule has 2 amide bonds. The van der Waals surface area contributed by atoms with E-state index in [1.54, 1.807) is 6.92 Å². The molecule has 0 bridgehead atoms. The molecule has 13 nitrogen and oxygen atoms in total. The van der Waals surface area contributed by atoms with Crippen molar-refractivity contribution in [2.24, 2.45) is 11.7 Å². The van der Waals surface area contributed by atoms with Crippen LogP contribution in [0.25, 0.3) is 11.5 Å². The van der Waals surface area contributed by atoms with E-state index in [-0.39, 0.29) is 73.9 Å². The highest BCUT2D eigenvalue weighted by atomic mass is 35.5. The van der Waals surface area contributed by atoms with Gasteiger partial charge in [-0.3, -0.25) is 9.59 Å². The first-order valence-electron chi connectivity index (χ1n) is 13.9. The summed E-state index contributed by atoms with van der Waals surface area (Å²) in [5.74, 6) is -0.737. The molecule has 1 saturated carbocycles. The number of benzene rings is 1. The summed E-state index contributed by atoms with van der Waals surface area (Å²) >= 11 is 0. The number of halogens is 3. The molecule has 0 unspecified atom stereocenters. The first-order valence-corrected chi connectivity index (χ1v) is 13.9. The van der Waals surface area contributed by atoms with Crippen LogP contribution >= 0.6 is 12.4 Å². The number of alkyl halides is 2. The number of carbonyl (C=O) groups excluding carboxylic acids is 3. The van der Waals surface area contributed by atoms with Gasteiger partial charge in [0.15, 0.2) is 23.0 Å². The van der Waals surface area contributed by atoms with E-state index < -0.39 is 42.7 Å². The predicted octanol–water partition coefficient (Wildman–Crippen LogP) is 3.69. The lowest BCUT2D eigenvalue weighted by atomic mass is 10.1. The van der Waals surface area contributed by atoms with Gasteiger partial charge in [0.25, 0.3) is 5.91 Å². The van der Waals surface area contributed by atoms with Crippen LogP contribution < -0.4 is 20.5 Å². The lowest BCUT2D eigenvalue weighted by Crippen LogP contribution is -2.40. The second kappa shape index (κ2) is 15.9. The van der Waals surface area contributed by atoms with Crippen LogP contribution in [0.2, 0.25) is 0 Å². The minimum absolute atomic E-state index is 0. The molecule has 1 aliphatic heterocycles. The Morgan fingerprint density at radius 1 is 1.18 bits per heavy atom. The number of carbonyl (C=O) groups is 3. The maximum absolute atomic E-state index is 13.9. The maximum Gasteiger partial charge on any atom is 0.407 e. The number of likely N-dealkylation sites (tertiary alicyclic amines) is 1. The number of esters is 1. The highest BCUT2D eigenvalue weighted by molar-refractivity contribution is 5.95. The van der Waals surface area contributed by atoms with Crippen LogP contribution in [-0.4, -0.2) is 87.1 Å². The van der Waals surface area contributed by atoms with E-state index in [0.717, 1.165) is 12.8 Å². The first kappa shape index (κ1) is 34.8. The lowest BCUT2D eigenvalue weighted by molar-refractivity contribution is -0.145. The number of methoxy groups -OCH3 is 2. The number of nitrogens with one attached hydrogen (secondary N) is 1. The normalized spacial score (nSPS) is 18.4. The lowest BCUT2D eigenvalue weighted by Gasteiger charge is -2.23. The average Bonchev–Trinajstić information content (AvgIpc) is 3.55. The Bertz CT molecular complexity index is 1290. The maximum atomic E-state index is 13.9. The molecule has 4 rings (SSSR count). The fourth-order valence-electron chi connectivity index (χ4n) is 4.67. The number of aromatic nitrogens is 1. The zero-order valence-electron chi connectivity index (χ0n) is 24.6. The number of ether oxygens (including phenoxy) is 5. The molecule has 2 aromatic rings. The number of oxazole rings is 1. The summed E-state index contributed by atoms with van der Waals surface area (Å²) in [6, 6.07) is 2.32. The molecule has 1 aromatic heterocycles. The molecule has 2 heterocycles. The molecule has 2 aliphatic rings. The molecule has 2 fully saturated rings. The van der Waals surface area contributed by atoms with Crippen LogP contribution in [0.4, 0.5) is 13.6 Å². The molecule has 1 aromatic carbocycles. The SMILES string of the molecule is COCCOC(=O)C[C@@H]1C[C@@H](NC(=O)OC)CN1C(=O)c1nc(-c2ccc(OC(F)F)c(OCC3CC3)c2)oc1[C@H](C)N.Cl. The first-order chi connectivity index (χ1) is 20.6. The van der Waals surface area contributed by atoms with E-state index in [0.29, 0.717) is 18.1 Å². The van der Waals surface area contributed by atoms with Crippen molar-refractivity contribution in [2.45, 2.75) is 57.3 Å². The zero-order valence-corrected chi connectivity index (χ0v) is 25.4. The van der Waals surface area contributed by atoms with Crippen LogP contribution in [0.15, 0.2) is 22.6 Å². The minimum atomic E-state index is -3.05. The molecular weight excluding hydrogens is 610 g/mol. The fraction of sp³-hybridized carbons (Fsp3) is 0.571. The summed E-state index contributed by atoms with van der Waals surface area (Å²) in [5, 5.41) is 2.66. The van der Waals surface area contributed by atoms with Gasteiger partial charge in [0.1, 0.15) is 6.61 Å². The van der Waals surface area contributed by atoms with Crippen molar-refractivity contribution in [1.29, 1.82) is 0 Å². The van der Waals surface area contributed by atoms with Gasteiger partial charge in [0, 0.05) is 25.3 Å². The average molecular weight is 647 g/mol. The number of nitrogens with two attached hydrogens (primary N) is 1. The number of hydrogen-bond acceptors (Lipinski definition) is 11. The van der Waals surface area contributed by atoms with Gasteiger partial charge in [-0.15, -0.1) is 12.4 Å². The third-order valence-electron chi connectivity index (χ3n) is 6.98. The van der Waals surface area contributed by atoms with E-state index >= 15 is 0 Å². The molecule has 3 N–H and O–H groups in total. The van der Waals surface area contributed by atoms with E-state index in [1.807, 2.05) is 0 Å². The molecular formula is C28H37ClF2N4O9. The van der Waals surface area contributed by atoms with Crippen LogP contribution in [-0.2, 0) is 19.0 Å². The summed E-state index contributed by atoms with van der Waals surface area (Å²) in [4.78, 5) is 44.1. The van der Waals surface area contributed by atoms with Gasteiger partial charge in [-0.1, -0.05) is 0 Å². The van der Waals surface area contributed by atoms with E-state index in [9.17, 15) is 23.2 Å². The molecule has 44 heavy (non-hydrogen) atoms. The Labute approximate surface area is 259 Å². The predicted molar refractivity (Wildman–Crippen MR) is 153 cm³/mol. The Kier molecular flexibility index (Phi) is 12.5. The summed E-state index contributed by atoms with van der Waals surface area (Å²) in [6.45, 7) is -0.769. The topological polar surface area (TPSA) is 165 Å². The van der Waals surface area contributed by atoms with Crippen LogP contribution in [0.3, 0.4) is 0 Å². The van der Waals surface area contributed by atoms with Crippen molar-refractivity contribution in [1.82, 2.24) is 15.2 Å². The Morgan fingerprint density at radius 2 is 1.93 bits per heavy atom. The van der Waals surface area contributed by atoms with Crippen molar-refractivity contribution < 1.29 is 51.3 Å². The van der Waals surface area contributed by atoms with Gasteiger partial charge in [-0.2, -0.15) is 8.78 Å². The van der Waals surface area contributed by atoms with Crippen LogP contribution in [0.1, 0.15) is 54.9 Å². The summed E-state index contributed by atoms with van der Waals surface area (Å²) in [7, 11) is 2.70. The molecule has 0 radical (unpaired) electrons. The van der Waals surface area contributed by atoms with Gasteiger partial charge in [0.2, 0.25) is 5.89 Å². The number of alkyl carbamates (subject to hydrolysis) is 1. The number of hydrogen-bond donors (Lipinski definition) is 2. The molecule has 244 valence electrons. The van der Waals surface area contributed by atoms with Crippen molar-refractivity contribution in [3.05, 3.63) is 29.7 Å². The largest absolute Gasteiger partial charge is 0.489 e. The van der Waals surface area contributed by atoms with Crippen LogP contribution in [0, 0.1) is 5.92 Å². The quantitative estimate of drug-likeness (QED) is 0.227. The number of amides is 2. The molecule has 3 atom stereocenters. The second-order valence-electron chi connectivity index (χ2n) is 10.4. The van der Waals surface area contributed by atoms with E-state index in [2.05, 4.69) is 19.8 Å². The zero-order chi connectivity index (χ0) is 31.1. The van der Waals surface area contributed by atoms with Crippen LogP contribution in [0.5, 0.6) is 11.5 Å². The number of nitrogens with zero attached hydrogens (tertiary/aromatic N) is 2. The second-order valence-corrected chi connectivity index (χ2v) is 10.4. The fourth-order valence-corrected chi connectivity index (χ4v) is 4.67. The highest BCUT2D eigenvalue weighted by Gasteiger charge is 2.40. The standard InChI is InChI=1S/C28H36F2N4O9.ClH/c1-15(31)24-23(26(36)34-13-18(32-28(37)39-3)11-19(34)12-22(35)40-9-8-38-2)33-25(43-24)17-6-7-20(42-27(29)30)21(10-17)41-14-16-4-5-16;/h6-7,10,15-16,18-19,27H,4-5,8-9,11-14,31H2,1-3H3,(H,32,37);1H/t15-,18+,19-;/m0./s1. The Morgan fingerprint density at radius 3 is 2.57 bits per heavy atom.